The maximum absolute atomic E-state index is 12.4. The van der Waals surface area contributed by atoms with Crippen LogP contribution in [0.1, 0.15) is 32.1 Å². The van der Waals surface area contributed by atoms with Gasteiger partial charge < -0.3 is 15.1 Å². The second kappa shape index (κ2) is 10.4. The highest BCUT2D eigenvalue weighted by Gasteiger charge is 2.22. The van der Waals surface area contributed by atoms with Gasteiger partial charge in [-0.05, 0) is 12.8 Å². The molecule has 2 N–H and O–H groups in total. The number of imide groups is 1. The van der Waals surface area contributed by atoms with Crippen LogP contribution in [0.25, 0.3) is 0 Å². The summed E-state index contributed by atoms with van der Waals surface area (Å²) < 4.78 is 0. The normalized spacial score (nSPS) is 20.0. The zero-order chi connectivity index (χ0) is 18.1. The summed E-state index contributed by atoms with van der Waals surface area (Å²) in [5, 5.41) is 4.63. The first-order valence-corrected chi connectivity index (χ1v) is 9.32. The first kappa shape index (κ1) is 19.7. The minimum absolute atomic E-state index is 0.250. The van der Waals surface area contributed by atoms with E-state index in [1.807, 2.05) is 4.90 Å². The SMILES string of the molecule is CNC(=O)NC(=O)CCN1CCN(CC(=O)N2CCCCCC2)CC1. The molecule has 25 heavy (non-hydrogen) atoms. The summed E-state index contributed by atoms with van der Waals surface area (Å²) >= 11 is 0. The molecule has 2 aliphatic heterocycles. The van der Waals surface area contributed by atoms with Crippen molar-refractivity contribution in [3.8, 4) is 0 Å². The van der Waals surface area contributed by atoms with E-state index in [0.29, 0.717) is 19.5 Å². The molecule has 0 bridgehead atoms. The molecular formula is C17H31N5O3. The summed E-state index contributed by atoms with van der Waals surface area (Å²) in [4.78, 5) is 41.5. The zero-order valence-electron chi connectivity index (χ0n) is 15.3. The van der Waals surface area contributed by atoms with E-state index in [9.17, 15) is 14.4 Å². The molecule has 0 unspecified atom stereocenters. The number of amides is 4. The molecule has 0 aliphatic carbocycles. The monoisotopic (exact) mass is 353 g/mol. The lowest BCUT2D eigenvalue weighted by atomic mass is 10.2. The van der Waals surface area contributed by atoms with Crippen molar-refractivity contribution in [2.24, 2.45) is 0 Å². The minimum Gasteiger partial charge on any atom is -0.342 e. The van der Waals surface area contributed by atoms with Crippen molar-refractivity contribution in [2.75, 3.05) is 59.4 Å². The standard InChI is InChI=1S/C17H31N5O3/c1-18-17(25)19-15(23)6-9-20-10-12-21(13-11-20)14-16(24)22-7-4-2-3-5-8-22/h2-14H2,1H3,(H2,18,19,23,25). The van der Waals surface area contributed by atoms with Crippen LogP contribution in [-0.4, -0.2) is 92.0 Å². The van der Waals surface area contributed by atoms with Gasteiger partial charge in [0.1, 0.15) is 0 Å². The molecular weight excluding hydrogens is 322 g/mol. The highest BCUT2D eigenvalue weighted by atomic mass is 16.2. The van der Waals surface area contributed by atoms with Gasteiger partial charge >= 0.3 is 6.03 Å². The quantitative estimate of drug-likeness (QED) is 0.718. The van der Waals surface area contributed by atoms with Crippen LogP contribution in [0.3, 0.4) is 0 Å². The van der Waals surface area contributed by atoms with Crippen LogP contribution >= 0.6 is 0 Å². The van der Waals surface area contributed by atoms with Crippen LogP contribution in [0, 0.1) is 0 Å². The van der Waals surface area contributed by atoms with Crippen molar-refractivity contribution in [3.63, 3.8) is 0 Å². The molecule has 0 aromatic heterocycles. The molecule has 0 saturated carbocycles. The van der Waals surface area contributed by atoms with E-state index in [4.69, 9.17) is 0 Å². The van der Waals surface area contributed by atoms with Gasteiger partial charge in [-0.15, -0.1) is 0 Å². The predicted octanol–water partition coefficient (Wildman–Crippen LogP) is -0.148. The molecule has 8 nitrogen and oxygen atoms in total. The summed E-state index contributed by atoms with van der Waals surface area (Å²) in [6, 6.07) is -0.471. The molecule has 8 heteroatoms. The molecule has 142 valence electrons. The van der Waals surface area contributed by atoms with Crippen molar-refractivity contribution in [1.82, 2.24) is 25.3 Å². The molecule has 0 atom stereocenters. The van der Waals surface area contributed by atoms with Crippen LogP contribution in [0.15, 0.2) is 0 Å². The lowest BCUT2D eigenvalue weighted by molar-refractivity contribution is -0.132. The molecule has 2 fully saturated rings. The first-order valence-electron chi connectivity index (χ1n) is 9.32. The van der Waals surface area contributed by atoms with Crippen molar-refractivity contribution in [1.29, 1.82) is 0 Å². The van der Waals surface area contributed by atoms with Gasteiger partial charge in [0.05, 0.1) is 6.54 Å². The van der Waals surface area contributed by atoms with Crippen molar-refractivity contribution < 1.29 is 14.4 Å². The van der Waals surface area contributed by atoms with Gasteiger partial charge in [0.2, 0.25) is 11.8 Å². The summed E-state index contributed by atoms with van der Waals surface area (Å²) in [5.74, 6) is -0.0153. The largest absolute Gasteiger partial charge is 0.342 e. The Morgan fingerprint density at radius 3 is 2.04 bits per heavy atom. The number of nitrogens with one attached hydrogen (secondary N) is 2. The van der Waals surface area contributed by atoms with E-state index in [-0.39, 0.29) is 11.8 Å². The van der Waals surface area contributed by atoms with Crippen LogP contribution in [0.4, 0.5) is 4.79 Å². The van der Waals surface area contributed by atoms with Crippen molar-refractivity contribution in [2.45, 2.75) is 32.1 Å². The molecule has 2 rings (SSSR count). The second-order valence-corrected chi connectivity index (χ2v) is 6.79. The number of carbonyl (C=O) groups is 3. The van der Waals surface area contributed by atoms with Crippen LogP contribution in [-0.2, 0) is 9.59 Å². The second-order valence-electron chi connectivity index (χ2n) is 6.79. The van der Waals surface area contributed by atoms with E-state index in [2.05, 4.69) is 20.4 Å². The third-order valence-electron chi connectivity index (χ3n) is 4.92. The van der Waals surface area contributed by atoms with Crippen LogP contribution in [0.5, 0.6) is 0 Å². The predicted molar refractivity (Wildman–Crippen MR) is 95.1 cm³/mol. The highest BCUT2D eigenvalue weighted by Crippen LogP contribution is 2.11. The van der Waals surface area contributed by atoms with Gasteiger partial charge in [-0.25, -0.2) is 4.79 Å². The summed E-state index contributed by atoms with van der Waals surface area (Å²) in [6.07, 6.45) is 5.02. The van der Waals surface area contributed by atoms with E-state index >= 15 is 0 Å². The molecule has 0 radical (unpaired) electrons. The third kappa shape index (κ3) is 6.99. The van der Waals surface area contributed by atoms with Gasteiger partial charge in [0.25, 0.3) is 0 Å². The Morgan fingerprint density at radius 2 is 1.44 bits per heavy atom. The molecule has 0 aromatic rings. The topological polar surface area (TPSA) is 85.0 Å². The lowest BCUT2D eigenvalue weighted by Crippen LogP contribution is -2.50. The fourth-order valence-corrected chi connectivity index (χ4v) is 3.29. The van der Waals surface area contributed by atoms with E-state index < -0.39 is 6.03 Å². The molecule has 0 spiro atoms. The number of urea groups is 1. The Hall–Kier alpha value is -1.67. The Bertz CT molecular complexity index is 455. The van der Waals surface area contributed by atoms with E-state index in [1.165, 1.54) is 19.9 Å². The number of hydrogen-bond donors (Lipinski definition) is 2. The van der Waals surface area contributed by atoms with Gasteiger partial charge in [0, 0.05) is 59.3 Å². The molecule has 0 aromatic carbocycles. The number of rotatable bonds is 5. The van der Waals surface area contributed by atoms with Crippen molar-refractivity contribution >= 4 is 17.8 Å². The van der Waals surface area contributed by atoms with Crippen LogP contribution in [0.2, 0.25) is 0 Å². The molecule has 2 saturated heterocycles. The van der Waals surface area contributed by atoms with Gasteiger partial charge in [-0.3, -0.25) is 19.8 Å². The Labute approximate surface area is 149 Å². The van der Waals surface area contributed by atoms with Crippen molar-refractivity contribution in [3.05, 3.63) is 0 Å². The Morgan fingerprint density at radius 1 is 0.840 bits per heavy atom. The molecule has 2 aliphatic rings. The van der Waals surface area contributed by atoms with Gasteiger partial charge in [-0.2, -0.15) is 0 Å². The average molecular weight is 353 g/mol. The summed E-state index contributed by atoms with van der Waals surface area (Å²) in [6.45, 7) is 6.33. The first-order chi connectivity index (χ1) is 12.1. The Balaban J connectivity index is 1.63. The Kier molecular flexibility index (Phi) is 8.14. The van der Waals surface area contributed by atoms with E-state index in [1.54, 1.807) is 0 Å². The maximum Gasteiger partial charge on any atom is 0.321 e. The molecule has 2 heterocycles. The number of piperazine rings is 1. The smallest absolute Gasteiger partial charge is 0.321 e. The summed E-state index contributed by atoms with van der Waals surface area (Å²) in [5.41, 5.74) is 0. The van der Waals surface area contributed by atoms with Gasteiger partial charge in [0.15, 0.2) is 0 Å². The molecule has 4 amide bonds. The summed E-state index contributed by atoms with van der Waals surface area (Å²) in [7, 11) is 1.48. The average Bonchev–Trinajstić information content (AvgIpc) is 2.90. The lowest BCUT2D eigenvalue weighted by Gasteiger charge is -2.35. The van der Waals surface area contributed by atoms with Gasteiger partial charge in [-0.1, -0.05) is 12.8 Å². The number of carbonyl (C=O) groups excluding carboxylic acids is 3. The fourth-order valence-electron chi connectivity index (χ4n) is 3.29. The highest BCUT2D eigenvalue weighted by molar-refractivity contribution is 5.94. The zero-order valence-corrected chi connectivity index (χ0v) is 15.3. The maximum atomic E-state index is 12.4. The fraction of sp³-hybridized carbons (Fsp3) is 0.824. The van der Waals surface area contributed by atoms with Crippen LogP contribution < -0.4 is 10.6 Å². The number of nitrogens with zero attached hydrogens (tertiary/aromatic N) is 3. The minimum atomic E-state index is -0.471. The number of likely N-dealkylation sites (tertiary alicyclic amines) is 1. The van der Waals surface area contributed by atoms with E-state index in [0.717, 1.165) is 52.1 Å². The third-order valence-corrected chi connectivity index (χ3v) is 4.92. The number of hydrogen-bond acceptors (Lipinski definition) is 5.